The zero-order chi connectivity index (χ0) is 13.8. The number of aromatic nitrogens is 2. The Bertz CT molecular complexity index is 447. The Hall–Kier alpha value is -1.69. The summed E-state index contributed by atoms with van der Waals surface area (Å²) in [6, 6.07) is 0. The van der Waals surface area contributed by atoms with Crippen molar-refractivity contribution in [3.05, 3.63) is 17.0 Å². The molecule has 6 heteroatoms. The Balaban J connectivity index is 1.99. The highest BCUT2D eigenvalue weighted by Crippen LogP contribution is 2.17. The van der Waals surface area contributed by atoms with E-state index in [4.69, 9.17) is 15.2 Å². The van der Waals surface area contributed by atoms with Crippen LogP contribution in [-0.4, -0.2) is 35.8 Å². The van der Waals surface area contributed by atoms with Crippen LogP contribution in [0.15, 0.2) is 0 Å². The first-order valence-corrected chi connectivity index (χ1v) is 6.43. The average Bonchev–Trinajstić information content (AvgIpc) is 2.36. The minimum absolute atomic E-state index is 0.177. The van der Waals surface area contributed by atoms with Crippen LogP contribution in [0.2, 0.25) is 0 Å². The second kappa shape index (κ2) is 5.97. The first kappa shape index (κ1) is 13.7. The maximum Gasteiger partial charge on any atom is 0.341 e. The quantitative estimate of drug-likeness (QED) is 0.828. The number of rotatable bonds is 3. The molecule has 0 spiro atoms. The number of hydrogen-bond donors (Lipinski definition) is 1. The zero-order valence-electron chi connectivity index (χ0n) is 11.3. The van der Waals surface area contributed by atoms with Gasteiger partial charge in [0.15, 0.2) is 0 Å². The van der Waals surface area contributed by atoms with E-state index >= 15 is 0 Å². The molecule has 19 heavy (non-hydrogen) atoms. The molecule has 1 aliphatic heterocycles. The third-order valence-electron chi connectivity index (χ3n) is 3.28. The van der Waals surface area contributed by atoms with Gasteiger partial charge in [-0.25, -0.2) is 14.8 Å². The molecular formula is C13H19N3O3. The van der Waals surface area contributed by atoms with Gasteiger partial charge < -0.3 is 15.2 Å². The summed E-state index contributed by atoms with van der Waals surface area (Å²) in [6.45, 7) is 5.37. The largest absolute Gasteiger partial charge is 0.462 e. The van der Waals surface area contributed by atoms with E-state index in [0.29, 0.717) is 29.5 Å². The Morgan fingerprint density at radius 1 is 1.32 bits per heavy atom. The van der Waals surface area contributed by atoms with Crippen LogP contribution in [0.1, 0.15) is 34.6 Å². The average molecular weight is 265 g/mol. The minimum atomic E-state index is -0.374. The van der Waals surface area contributed by atoms with Crippen molar-refractivity contribution in [3.63, 3.8) is 0 Å². The molecule has 1 aliphatic rings. The van der Waals surface area contributed by atoms with Crippen molar-refractivity contribution >= 4 is 11.9 Å². The smallest absolute Gasteiger partial charge is 0.341 e. The molecule has 0 atom stereocenters. The predicted octanol–water partition coefficient (Wildman–Crippen LogP) is 1.26. The van der Waals surface area contributed by atoms with Crippen LogP contribution in [0.5, 0.6) is 0 Å². The van der Waals surface area contributed by atoms with Crippen LogP contribution in [0.3, 0.4) is 0 Å². The topological polar surface area (TPSA) is 87.3 Å². The summed E-state index contributed by atoms with van der Waals surface area (Å²) in [7, 11) is 0. The van der Waals surface area contributed by atoms with Gasteiger partial charge in [0, 0.05) is 13.2 Å². The third kappa shape index (κ3) is 3.41. The molecular weight excluding hydrogens is 246 g/mol. The van der Waals surface area contributed by atoms with Crippen molar-refractivity contribution in [1.82, 2.24) is 9.97 Å². The second-order valence-corrected chi connectivity index (χ2v) is 4.78. The lowest BCUT2D eigenvalue weighted by atomic mass is 10.0. The van der Waals surface area contributed by atoms with Gasteiger partial charge in [0.2, 0.25) is 5.95 Å². The monoisotopic (exact) mass is 265 g/mol. The molecule has 0 amide bonds. The first-order chi connectivity index (χ1) is 9.08. The molecule has 0 bridgehead atoms. The van der Waals surface area contributed by atoms with Gasteiger partial charge in [-0.15, -0.1) is 0 Å². The standard InChI is InChI=1S/C13H19N3O3/c1-8-11(9(2)16-13(14)15-8)12(17)19-7-10-3-5-18-6-4-10/h10H,3-7H2,1-2H3,(H2,14,15,16). The van der Waals surface area contributed by atoms with Gasteiger partial charge in [0.25, 0.3) is 0 Å². The van der Waals surface area contributed by atoms with E-state index in [-0.39, 0.29) is 11.9 Å². The summed E-state index contributed by atoms with van der Waals surface area (Å²) in [4.78, 5) is 20.1. The Kier molecular flexibility index (Phi) is 4.31. The Labute approximate surface area is 112 Å². The lowest BCUT2D eigenvalue weighted by Gasteiger charge is -2.21. The molecule has 1 aromatic heterocycles. The van der Waals surface area contributed by atoms with Gasteiger partial charge in [-0.05, 0) is 32.6 Å². The van der Waals surface area contributed by atoms with Gasteiger partial charge in [-0.1, -0.05) is 0 Å². The van der Waals surface area contributed by atoms with E-state index in [1.807, 2.05) is 0 Å². The fourth-order valence-corrected chi connectivity index (χ4v) is 2.22. The molecule has 0 aromatic carbocycles. The maximum atomic E-state index is 12.1. The normalized spacial score (nSPS) is 16.3. The Morgan fingerprint density at radius 3 is 2.47 bits per heavy atom. The summed E-state index contributed by atoms with van der Waals surface area (Å²) < 4.78 is 10.6. The molecule has 1 fully saturated rings. The first-order valence-electron chi connectivity index (χ1n) is 6.43. The molecule has 2 rings (SSSR count). The maximum absolute atomic E-state index is 12.1. The molecule has 2 heterocycles. The van der Waals surface area contributed by atoms with Gasteiger partial charge in [0.1, 0.15) is 5.56 Å². The highest BCUT2D eigenvalue weighted by molar-refractivity contribution is 5.91. The van der Waals surface area contributed by atoms with Gasteiger partial charge >= 0.3 is 5.97 Å². The second-order valence-electron chi connectivity index (χ2n) is 4.78. The number of ether oxygens (including phenoxy) is 2. The molecule has 0 aliphatic carbocycles. The highest BCUT2D eigenvalue weighted by Gasteiger charge is 2.20. The molecule has 6 nitrogen and oxygen atoms in total. The number of nitrogens with zero attached hydrogens (tertiary/aromatic N) is 2. The summed E-state index contributed by atoms with van der Waals surface area (Å²) in [5.74, 6) is 0.186. The van der Waals surface area contributed by atoms with Crippen molar-refractivity contribution in [2.45, 2.75) is 26.7 Å². The fraction of sp³-hybridized carbons (Fsp3) is 0.615. The lowest BCUT2D eigenvalue weighted by Crippen LogP contribution is -2.23. The van der Waals surface area contributed by atoms with Crippen molar-refractivity contribution in [2.75, 3.05) is 25.6 Å². The molecule has 2 N–H and O–H groups in total. The lowest BCUT2D eigenvalue weighted by molar-refractivity contribution is 0.0184. The van der Waals surface area contributed by atoms with E-state index < -0.39 is 0 Å². The Morgan fingerprint density at radius 2 is 1.89 bits per heavy atom. The van der Waals surface area contributed by atoms with Crippen molar-refractivity contribution in [2.24, 2.45) is 5.92 Å². The van der Waals surface area contributed by atoms with E-state index in [9.17, 15) is 4.79 Å². The summed E-state index contributed by atoms with van der Waals surface area (Å²) in [6.07, 6.45) is 1.87. The van der Waals surface area contributed by atoms with Crippen LogP contribution in [0.25, 0.3) is 0 Å². The van der Waals surface area contributed by atoms with E-state index in [2.05, 4.69) is 9.97 Å². The third-order valence-corrected chi connectivity index (χ3v) is 3.28. The zero-order valence-corrected chi connectivity index (χ0v) is 11.3. The predicted molar refractivity (Wildman–Crippen MR) is 69.7 cm³/mol. The fourth-order valence-electron chi connectivity index (χ4n) is 2.22. The molecule has 1 aromatic rings. The summed E-state index contributed by atoms with van der Waals surface area (Å²) >= 11 is 0. The van der Waals surface area contributed by atoms with Crippen LogP contribution < -0.4 is 5.73 Å². The number of anilines is 1. The van der Waals surface area contributed by atoms with Gasteiger partial charge in [-0.3, -0.25) is 0 Å². The van der Waals surface area contributed by atoms with E-state index in [0.717, 1.165) is 26.1 Å². The molecule has 0 saturated carbocycles. The number of nitrogen functional groups attached to an aromatic ring is 1. The SMILES string of the molecule is Cc1nc(N)nc(C)c1C(=O)OCC1CCOCC1. The van der Waals surface area contributed by atoms with Crippen LogP contribution >= 0.6 is 0 Å². The van der Waals surface area contributed by atoms with Gasteiger partial charge in [-0.2, -0.15) is 0 Å². The van der Waals surface area contributed by atoms with Crippen LogP contribution in [0.4, 0.5) is 5.95 Å². The van der Waals surface area contributed by atoms with Crippen molar-refractivity contribution in [1.29, 1.82) is 0 Å². The number of nitrogens with two attached hydrogens (primary N) is 1. The molecule has 104 valence electrons. The minimum Gasteiger partial charge on any atom is -0.462 e. The number of carbonyl (C=O) groups is 1. The van der Waals surface area contributed by atoms with E-state index in [1.54, 1.807) is 13.8 Å². The van der Waals surface area contributed by atoms with Gasteiger partial charge in [0.05, 0.1) is 18.0 Å². The van der Waals surface area contributed by atoms with Crippen LogP contribution in [-0.2, 0) is 9.47 Å². The molecule has 1 saturated heterocycles. The highest BCUT2D eigenvalue weighted by atomic mass is 16.5. The number of hydrogen-bond acceptors (Lipinski definition) is 6. The number of aryl methyl sites for hydroxylation is 2. The van der Waals surface area contributed by atoms with Crippen molar-refractivity contribution in [3.8, 4) is 0 Å². The van der Waals surface area contributed by atoms with Crippen molar-refractivity contribution < 1.29 is 14.3 Å². The summed E-state index contributed by atoms with van der Waals surface area (Å²) in [5, 5.41) is 0. The molecule has 0 radical (unpaired) electrons. The van der Waals surface area contributed by atoms with Crippen LogP contribution in [0, 0.1) is 19.8 Å². The van der Waals surface area contributed by atoms with E-state index in [1.165, 1.54) is 0 Å². The number of carbonyl (C=O) groups excluding carboxylic acids is 1. The summed E-state index contributed by atoms with van der Waals surface area (Å²) in [5.41, 5.74) is 7.06. The number of esters is 1. The molecule has 0 unspecified atom stereocenters.